The molecule has 3 N–H and O–H groups in total. The normalized spacial score (nSPS) is 16.2. The van der Waals surface area contributed by atoms with E-state index in [0.717, 1.165) is 19.3 Å². The van der Waals surface area contributed by atoms with Crippen molar-refractivity contribution in [2.75, 3.05) is 0 Å². The van der Waals surface area contributed by atoms with Gasteiger partial charge in [-0.25, -0.2) is 4.79 Å². The molecule has 0 spiro atoms. The van der Waals surface area contributed by atoms with Crippen molar-refractivity contribution in [3.05, 3.63) is 29.3 Å². The Bertz CT molecular complexity index is 926. The van der Waals surface area contributed by atoms with Crippen LogP contribution in [0.3, 0.4) is 0 Å². The van der Waals surface area contributed by atoms with Crippen molar-refractivity contribution in [3.8, 4) is 5.75 Å². The highest BCUT2D eigenvalue weighted by Gasteiger charge is 2.43. The number of phenols is 1. The zero-order chi connectivity index (χ0) is 26.7. The van der Waals surface area contributed by atoms with Gasteiger partial charge in [-0.1, -0.05) is 19.9 Å². The molecule has 1 saturated carbocycles. The maximum Gasteiger partial charge on any atom is 0.408 e. The Morgan fingerprint density at radius 3 is 2.11 bits per heavy atom. The maximum absolute atomic E-state index is 14.1. The summed E-state index contributed by atoms with van der Waals surface area (Å²) in [4.78, 5) is 42.0. The van der Waals surface area contributed by atoms with Gasteiger partial charge in [0.2, 0.25) is 11.8 Å². The monoisotopic (exact) mass is 489 g/mol. The van der Waals surface area contributed by atoms with Crippen LogP contribution in [-0.2, 0) is 14.3 Å². The molecule has 1 aliphatic rings. The number of benzene rings is 1. The number of hydrogen-bond acceptors (Lipinski definition) is 5. The Hall–Kier alpha value is -2.77. The number of rotatable bonds is 7. The lowest BCUT2D eigenvalue weighted by Crippen LogP contribution is -2.59. The van der Waals surface area contributed by atoms with Crippen molar-refractivity contribution >= 4 is 17.9 Å². The number of phenolic OH excluding ortho intramolecular Hbond substituents is 1. The van der Waals surface area contributed by atoms with Crippen LogP contribution in [0.4, 0.5) is 4.79 Å². The van der Waals surface area contributed by atoms with Crippen molar-refractivity contribution in [3.63, 3.8) is 0 Å². The largest absolute Gasteiger partial charge is 0.508 e. The van der Waals surface area contributed by atoms with Crippen molar-refractivity contribution in [2.24, 2.45) is 5.92 Å². The first-order valence-electron chi connectivity index (χ1n) is 12.4. The molecule has 196 valence electrons. The summed E-state index contributed by atoms with van der Waals surface area (Å²) >= 11 is 0. The van der Waals surface area contributed by atoms with Crippen LogP contribution in [0.1, 0.15) is 91.8 Å². The molecule has 0 aliphatic heterocycles. The third-order valence-corrected chi connectivity index (χ3v) is 5.89. The molecule has 2 atom stereocenters. The van der Waals surface area contributed by atoms with Crippen LogP contribution in [-0.4, -0.2) is 51.1 Å². The second-order valence-electron chi connectivity index (χ2n) is 11.9. The van der Waals surface area contributed by atoms with Crippen molar-refractivity contribution < 1.29 is 24.2 Å². The molecule has 35 heavy (non-hydrogen) atoms. The first-order chi connectivity index (χ1) is 16.0. The topological polar surface area (TPSA) is 108 Å². The van der Waals surface area contributed by atoms with E-state index < -0.39 is 29.3 Å². The number of ether oxygens (including phenoxy) is 1. The standard InChI is InChI=1S/C27H43N3O5/c1-16(2)21(28-25(34)35-27(7,8)9)24(33)30(19-11-10-12-19)22(23(32)29-26(4,5)6)18-13-14-20(31)17(3)15-18/h13-16,19,21-22,31H,10-12H2,1-9H3,(H,28,34)(H,29,32). The molecule has 1 aromatic rings. The van der Waals surface area contributed by atoms with E-state index in [1.54, 1.807) is 50.8 Å². The smallest absolute Gasteiger partial charge is 0.408 e. The predicted octanol–water partition coefficient (Wildman–Crippen LogP) is 4.59. The summed E-state index contributed by atoms with van der Waals surface area (Å²) in [7, 11) is 0. The lowest BCUT2D eigenvalue weighted by molar-refractivity contribution is -0.148. The molecule has 2 rings (SSSR count). The molecule has 2 unspecified atom stereocenters. The number of aromatic hydroxyl groups is 1. The van der Waals surface area contributed by atoms with Gasteiger partial charge in [0.1, 0.15) is 23.4 Å². The van der Waals surface area contributed by atoms with Gasteiger partial charge in [0, 0.05) is 11.6 Å². The zero-order valence-electron chi connectivity index (χ0n) is 22.7. The Morgan fingerprint density at radius 2 is 1.69 bits per heavy atom. The molecule has 1 fully saturated rings. The summed E-state index contributed by atoms with van der Waals surface area (Å²) < 4.78 is 5.41. The summed E-state index contributed by atoms with van der Waals surface area (Å²) in [5.74, 6) is -0.736. The fourth-order valence-electron chi connectivity index (χ4n) is 4.02. The number of aryl methyl sites for hydroxylation is 1. The van der Waals surface area contributed by atoms with E-state index in [1.807, 2.05) is 34.6 Å². The Morgan fingerprint density at radius 1 is 1.09 bits per heavy atom. The van der Waals surface area contributed by atoms with Gasteiger partial charge in [-0.05, 0) is 96.9 Å². The van der Waals surface area contributed by atoms with E-state index >= 15 is 0 Å². The number of carbonyl (C=O) groups excluding carboxylic acids is 3. The second kappa shape index (κ2) is 10.9. The molecule has 0 aromatic heterocycles. The third-order valence-electron chi connectivity index (χ3n) is 5.89. The first kappa shape index (κ1) is 28.5. The third kappa shape index (κ3) is 7.87. The average molecular weight is 490 g/mol. The molecule has 0 saturated heterocycles. The van der Waals surface area contributed by atoms with Gasteiger partial charge in [-0.3, -0.25) is 9.59 Å². The van der Waals surface area contributed by atoms with E-state index in [2.05, 4.69) is 10.6 Å². The van der Waals surface area contributed by atoms with Gasteiger partial charge in [0.15, 0.2) is 0 Å². The molecule has 0 radical (unpaired) electrons. The van der Waals surface area contributed by atoms with Crippen LogP contribution in [0.2, 0.25) is 0 Å². The molecule has 0 bridgehead atoms. The van der Waals surface area contributed by atoms with Crippen LogP contribution >= 0.6 is 0 Å². The average Bonchev–Trinajstić information content (AvgIpc) is 2.63. The molecular weight excluding hydrogens is 446 g/mol. The minimum Gasteiger partial charge on any atom is -0.508 e. The van der Waals surface area contributed by atoms with Crippen molar-refractivity contribution in [2.45, 2.75) is 111 Å². The van der Waals surface area contributed by atoms with Gasteiger partial charge in [-0.2, -0.15) is 0 Å². The maximum atomic E-state index is 14.1. The Labute approximate surface area is 209 Å². The molecule has 1 aliphatic carbocycles. The number of carbonyl (C=O) groups is 3. The summed E-state index contributed by atoms with van der Waals surface area (Å²) in [5, 5.41) is 15.8. The van der Waals surface area contributed by atoms with E-state index in [-0.39, 0.29) is 29.5 Å². The van der Waals surface area contributed by atoms with Gasteiger partial charge in [-0.15, -0.1) is 0 Å². The van der Waals surface area contributed by atoms with E-state index in [1.165, 1.54) is 0 Å². The van der Waals surface area contributed by atoms with Crippen LogP contribution < -0.4 is 10.6 Å². The molecule has 3 amide bonds. The summed E-state index contributed by atoms with van der Waals surface area (Å²) in [5.41, 5.74) is 0.00879. The minimum absolute atomic E-state index is 0.122. The number of nitrogens with one attached hydrogen (secondary N) is 2. The second-order valence-corrected chi connectivity index (χ2v) is 11.9. The highest BCUT2D eigenvalue weighted by molar-refractivity contribution is 5.93. The summed E-state index contributed by atoms with van der Waals surface area (Å²) in [6.07, 6.45) is 1.84. The van der Waals surface area contributed by atoms with Gasteiger partial charge in [0.05, 0.1) is 0 Å². The molecule has 1 aromatic carbocycles. The van der Waals surface area contributed by atoms with Crippen LogP contribution in [0.25, 0.3) is 0 Å². The lowest BCUT2D eigenvalue weighted by atomic mass is 9.87. The number of amides is 3. The summed E-state index contributed by atoms with van der Waals surface area (Å²) in [6, 6.07) is 3.06. The van der Waals surface area contributed by atoms with E-state index in [9.17, 15) is 19.5 Å². The minimum atomic E-state index is -0.909. The molecule has 0 heterocycles. The van der Waals surface area contributed by atoms with Crippen molar-refractivity contribution in [1.29, 1.82) is 0 Å². The van der Waals surface area contributed by atoms with Gasteiger partial charge < -0.3 is 25.4 Å². The number of hydrogen-bond donors (Lipinski definition) is 3. The number of alkyl carbamates (subject to hydrolysis) is 1. The Balaban J connectivity index is 2.53. The first-order valence-corrected chi connectivity index (χ1v) is 12.4. The van der Waals surface area contributed by atoms with Gasteiger partial charge in [0.25, 0.3) is 0 Å². The fraction of sp³-hybridized carbons (Fsp3) is 0.667. The fourth-order valence-corrected chi connectivity index (χ4v) is 4.02. The van der Waals surface area contributed by atoms with Crippen LogP contribution in [0.15, 0.2) is 18.2 Å². The SMILES string of the molecule is Cc1cc(C(C(=O)NC(C)(C)C)N(C(=O)C(NC(=O)OC(C)(C)C)C(C)C)C2CCC2)ccc1O. The highest BCUT2D eigenvalue weighted by atomic mass is 16.6. The van der Waals surface area contributed by atoms with Crippen molar-refractivity contribution in [1.82, 2.24) is 15.5 Å². The van der Waals surface area contributed by atoms with E-state index in [0.29, 0.717) is 11.1 Å². The molecule has 8 nitrogen and oxygen atoms in total. The zero-order valence-corrected chi connectivity index (χ0v) is 22.7. The quantitative estimate of drug-likeness (QED) is 0.519. The molecular formula is C27H43N3O5. The lowest BCUT2D eigenvalue weighted by Gasteiger charge is -2.44. The van der Waals surface area contributed by atoms with Gasteiger partial charge >= 0.3 is 6.09 Å². The predicted molar refractivity (Wildman–Crippen MR) is 136 cm³/mol. The van der Waals surface area contributed by atoms with Crippen LogP contribution in [0, 0.1) is 12.8 Å². The Kier molecular flexibility index (Phi) is 8.84. The summed E-state index contributed by atoms with van der Waals surface area (Å²) in [6.45, 7) is 16.4. The van der Waals surface area contributed by atoms with Crippen LogP contribution in [0.5, 0.6) is 5.75 Å². The number of nitrogens with zero attached hydrogens (tertiary/aromatic N) is 1. The highest BCUT2D eigenvalue weighted by Crippen LogP contribution is 2.35. The molecule has 8 heteroatoms. The van der Waals surface area contributed by atoms with E-state index in [4.69, 9.17) is 4.74 Å².